The van der Waals surface area contributed by atoms with E-state index < -0.39 is 0 Å². The first kappa shape index (κ1) is 7.69. The second-order valence-electron chi connectivity index (χ2n) is 1.96. The van der Waals surface area contributed by atoms with Crippen molar-refractivity contribution in [3.05, 3.63) is 17.8 Å². The van der Waals surface area contributed by atoms with E-state index in [1.54, 1.807) is 12.3 Å². The lowest BCUT2D eigenvalue weighted by Crippen LogP contribution is -1.90. The zero-order valence-corrected chi connectivity index (χ0v) is 7.04. The molecule has 0 spiro atoms. The van der Waals surface area contributed by atoms with E-state index >= 15 is 0 Å². The average Bonchev–Trinajstić information content (AvgIpc) is 1.95. The van der Waals surface area contributed by atoms with Gasteiger partial charge in [0.05, 0.1) is 0 Å². The van der Waals surface area contributed by atoms with Gasteiger partial charge in [0.15, 0.2) is 0 Å². The molecule has 0 fully saturated rings. The second-order valence-corrected chi connectivity index (χ2v) is 2.99. The Morgan fingerprint density at radius 3 is 2.90 bits per heavy atom. The van der Waals surface area contributed by atoms with Gasteiger partial charge in [-0.25, -0.2) is 4.98 Å². The number of nitrogens with zero attached hydrogens (tertiary/aromatic N) is 1. The maximum Gasteiger partial charge on any atom is 0.113 e. The van der Waals surface area contributed by atoms with E-state index in [0.717, 1.165) is 27.3 Å². The molecule has 0 amide bonds. The van der Waals surface area contributed by atoms with Crippen LogP contribution >= 0.6 is 21.7 Å². The average molecular weight is 175 g/mol. The molecule has 0 aliphatic carbocycles. The molecule has 0 bridgehead atoms. The molecule has 1 aromatic rings. The van der Waals surface area contributed by atoms with E-state index in [1.165, 1.54) is 0 Å². The summed E-state index contributed by atoms with van der Waals surface area (Å²) < 4.78 is 0. The maximum atomic E-state index is 5.58. The lowest BCUT2D eigenvalue weighted by molar-refractivity contribution is 1.12. The van der Waals surface area contributed by atoms with E-state index in [-0.39, 0.29) is 0 Å². The fourth-order valence-corrected chi connectivity index (χ4v) is 1.08. The Hall–Kier alpha value is -0.410. The van der Waals surface area contributed by atoms with Crippen molar-refractivity contribution in [3.8, 4) is 0 Å². The molecule has 0 aromatic carbocycles. The van der Waals surface area contributed by atoms with Crippen molar-refractivity contribution in [1.82, 2.24) is 4.98 Å². The number of halogens is 1. The quantitative estimate of drug-likeness (QED) is 0.710. The molecule has 0 aliphatic heterocycles. The van der Waals surface area contributed by atoms with Gasteiger partial charge in [0.1, 0.15) is 5.03 Å². The molecule has 0 saturated heterocycles. The summed E-state index contributed by atoms with van der Waals surface area (Å²) in [6.07, 6.45) is 1.71. The first-order valence-electron chi connectivity index (χ1n) is 2.74. The number of anilines is 1. The van der Waals surface area contributed by atoms with Crippen molar-refractivity contribution >= 4 is 27.3 Å². The highest BCUT2D eigenvalue weighted by atomic mass is 35.7. The summed E-state index contributed by atoms with van der Waals surface area (Å²) in [6, 6.07) is 1.76. The van der Waals surface area contributed by atoms with Crippen LogP contribution in [-0.4, -0.2) is 4.98 Å². The molecule has 0 unspecified atom stereocenters. The van der Waals surface area contributed by atoms with Crippen LogP contribution in [0.15, 0.2) is 17.3 Å². The van der Waals surface area contributed by atoms with Crippen LogP contribution in [0.4, 0.5) is 5.69 Å². The number of hydrogen-bond donors (Lipinski definition) is 1. The third kappa shape index (κ3) is 1.55. The monoisotopic (exact) mass is 174 g/mol. The molecule has 0 radical (unpaired) electrons. The predicted octanol–water partition coefficient (Wildman–Crippen LogP) is 2.22. The van der Waals surface area contributed by atoms with Crippen LogP contribution < -0.4 is 5.73 Å². The van der Waals surface area contributed by atoms with Crippen LogP contribution in [0.5, 0.6) is 0 Å². The van der Waals surface area contributed by atoms with Gasteiger partial charge in [-0.05, 0) is 29.2 Å². The molecule has 1 heterocycles. The Balaban J connectivity index is 3.04. The van der Waals surface area contributed by atoms with Crippen LogP contribution in [-0.2, 0) is 0 Å². The van der Waals surface area contributed by atoms with Crippen molar-refractivity contribution < 1.29 is 0 Å². The molecule has 0 aliphatic rings. The van der Waals surface area contributed by atoms with Gasteiger partial charge < -0.3 is 5.73 Å². The maximum absolute atomic E-state index is 5.58. The summed E-state index contributed by atoms with van der Waals surface area (Å²) in [4.78, 5) is 4.01. The minimum absolute atomic E-state index is 0.734. The Bertz CT molecular complexity index is 239. The Morgan fingerprint density at radius 2 is 2.40 bits per heavy atom. The molecule has 2 nitrogen and oxygen atoms in total. The zero-order valence-electron chi connectivity index (χ0n) is 5.47. The largest absolute Gasteiger partial charge is 0.398 e. The Kier molecular flexibility index (Phi) is 2.40. The van der Waals surface area contributed by atoms with E-state index in [4.69, 9.17) is 16.4 Å². The van der Waals surface area contributed by atoms with Crippen LogP contribution in [0.1, 0.15) is 5.56 Å². The van der Waals surface area contributed by atoms with Crippen LogP contribution in [0, 0.1) is 6.92 Å². The molecule has 1 rings (SSSR count). The van der Waals surface area contributed by atoms with E-state index in [1.807, 2.05) is 6.92 Å². The van der Waals surface area contributed by atoms with Crippen molar-refractivity contribution in [1.29, 1.82) is 0 Å². The van der Waals surface area contributed by atoms with Gasteiger partial charge in [0.25, 0.3) is 0 Å². The highest BCUT2D eigenvalue weighted by Gasteiger charge is 1.96. The van der Waals surface area contributed by atoms with Gasteiger partial charge in [0, 0.05) is 22.9 Å². The van der Waals surface area contributed by atoms with E-state index in [9.17, 15) is 0 Å². The van der Waals surface area contributed by atoms with Gasteiger partial charge in [-0.2, -0.15) is 0 Å². The zero-order chi connectivity index (χ0) is 7.56. The van der Waals surface area contributed by atoms with Gasteiger partial charge in [-0.15, -0.1) is 0 Å². The number of aryl methyl sites for hydroxylation is 1. The summed E-state index contributed by atoms with van der Waals surface area (Å²) in [5.74, 6) is 0. The number of rotatable bonds is 1. The fraction of sp³-hybridized carbons (Fsp3) is 0.167. The Labute approximate surface area is 68.3 Å². The first-order valence-corrected chi connectivity index (χ1v) is 4.39. The van der Waals surface area contributed by atoms with E-state index in [2.05, 4.69) is 4.98 Å². The summed E-state index contributed by atoms with van der Waals surface area (Å²) >= 11 is 0. The van der Waals surface area contributed by atoms with Gasteiger partial charge in [0.2, 0.25) is 0 Å². The third-order valence-corrected chi connectivity index (χ3v) is 2.05. The topological polar surface area (TPSA) is 38.9 Å². The highest BCUT2D eigenvalue weighted by Crippen LogP contribution is 2.22. The van der Waals surface area contributed by atoms with Crippen LogP contribution in [0.25, 0.3) is 0 Å². The van der Waals surface area contributed by atoms with Crippen LogP contribution in [0.3, 0.4) is 0 Å². The van der Waals surface area contributed by atoms with Crippen molar-refractivity contribution in [3.63, 3.8) is 0 Å². The summed E-state index contributed by atoms with van der Waals surface area (Å²) in [5.41, 5.74) is 7.30. The number of nitrogen functional groups attached to an aromatic ring is 1. The molecule has 0 atom stereocenters. The molecular formula is C6H7ClN2S. The number of nitrogens with two attached hydrogens (primary N) is 1. The predicted molar refractivity (Wildman–Crippen MR) is 45.1 cm³/mol. The van der Waals surface area contributed by atoms with Gasteiger partial charge in [-0.3, -0.25) is 0 Å². The molecule has 2 N–H and O–H groups in total. The highest BCUT2D eigenvalue weighted by molar-refractivity contribution is 8.21. The first-order chi connectivity index (χ1) is 4.74. The molecule has 0 saturated carbocycles. The van der Waals surface area contributed by atoms with E-state index in [0.29, 0.717) is 0 Å². The van der Waals surface area contributed by atoms with Crippen LogP contribution in [0.2, 0.25) is 0 Å². The minimum atomic E-state index is 0.734. The van der Waals surface area contributed by atoms with Gasteiger partial charge >= 0.3 is 0 Å². The number of pyridine rings is 1. The lowest BCUT2D eigenvalue weighted by atomic mass is 10.3. The summed E-state index contributed by atoms with van der Waals surface area (Å²) in [5, 5.41) is 0.741. The summed E-state index contributed by atoms with van der Waals surface area (Å²) in [7, 11) is 6.52. The second kappa shape index (κ2) is 3.12. The summed E-state index contributed by atoms with van der Waals surface area (Å²) in [6.45, 7) is 1.91. The molecule has 1 aromatic heterocycles. The van der Waals surface area contributed by atoms with Gasteiger partial charge in [-0.1, -0.05) is 0 Å². The molecular weight excluding hydrogens is 168 g/mol. The standard InChI is InChI=1S/C6H7ClN2S/c1-4-3-9-6(10-7)2-5(4)8/h2-3H,1H3,(H2,8,9). The van der Waals surface area contributed by atoms with Crippen molar-refractivity contribution in [2.45, 2.75) is 11.9 Å². The minimum Gasteiger partial charge on any atom is -0.398 e. The van der Waals surface area contributed by atoms with Crippen molar-refractivity contribution in [2.24, 2.45) is 0 Å². The SMILES string of the molecule is Cc1cnc(SCl)cc1N. The lowest BCUT2D eigenvalue weighted by Gasteiger charge is -1.98. The van der Waals surface area contributed by atoms with Crippen molar-refractivity contribution in [2.75, 3.05) is 5.73 Å². The fourth-order valence-electron chi connectivity index (χ4n) is 0.561. The third-order valence-electron chi connectivity index (χ3n) is 1.20. The molecule has 54 valence electrons. The number of aromatic nitrogens is 1. The molecule has 10 heavy (non-hydrogen) atoms. The Morgan fingerprint density at radius 1 is 1.70 bits per heavy atom. The normalized spacial score (nSPS) is 9.80. The molecule has 4 heteroatoms. The number of hydrogen-bond acceptors (Lipinski definition) is 3. The smallest absolute Gasteiger partial charge is 0.113 e.